The number of benzene rings is 1. The summed E-state index contributed by atoms with van der Waals surface area (Å²) in [6.45, 7) is 5.81. The van der Waals surface area contributed by atoms with Crippen molar-refractivity contribution in [2.75, 3.05) is 33.0 Å². The van der Waals surface area contributed by atoms with Crippen LogP contribution in [0.2, 0.25) is 0 Å². The van der Waals surface area contributed by atoms with E-state index in [0.29, 0.717) is 13.2 Å². The molecule has 1 aromatic carbocycles. The van der Waals surface area contributed by atoms with Crippen LogP contribution in [0.1, 0.15) is 24.1 Å². The smallest absolute Gasteiger partial charge is 0.161 e. The summed E-state index contributed by atoms with van der Waals surface area (Å²) in [6.07, 6.45) is 0.938. The standard InChI is InChI=1S/C14H19NO3/c1-2-15-12-9-16-4-3-10-7-13-14(8-11(10)12)18-6-5-17-13/h7-8,12,15H,2-6,9H2,1H3. The van der Waals surface area contributed by atoms with Crippen molar-refractivity contribution in [3.8, 4) is 11.5 Å². The number of fused-ring (bicyclic) bond motifs is 2. The van der Waals surface area contributed by atoms with Gasteiger partial charge in [0.15, 0.2) is 11.5 Å². The minimum atomic E-state index is 0.253. The first-order chi connectivity index (χ1) is 8.88. The lowest BCUT2D eigenvalue weighted by molar-refractivity contribution is 0.122. The van der Waals surface area contributed by atoms with Crippen molar-refractivity contribution in [1.29, 1.82) is 0 Å². The van der Waals surface area contributed by atoms with Gasteiger partial charge in [-0.3, -0.25) is 0 Å². The first-order valence-corrected chi connectivity index (χ1v) is 6.62. The van der Waals surface area contributed by atoms with E-state index in [9.17, 15) is 0 Å². The van der Waals surface area contributed by atoms with Crippen molar-refractivity contribution in [2.24, 2.45) is 0 Å². The Morgan fingerprint density at radius 3 is 2.72 bits per heavy atom. The molecule has 1 unspecified atom stereocenters. The molecule has 0 saturated heterocycles. The van der Waals surface area contributed by atoms with Gasteiger partial charge in [0.1, 0.15) is 13.2 Å². The van der Waals surface area contributed by atoms with Crippen LogP contribution >= 0.6 is 0 Å². The highest BCUT2D eigenvalue weighted by molar-refractivity contribution is 5.49. The van der Waals surface area contributed by atoms with E-state index in [1.54, 1.807) is 0 Å². The molecule has 1 atom stereocenters. The zero-order valence-electron chi connectivity index (χ0n) is 10.7. The van der Waals surface area contributed by atoms with Gasteiger partial charge in [0.25, 0.3) is 0 Å². The molecular weight excluding hydrogens is 230 g/mol. The largest absolute Gasteiger partial charge is 0.486 e. The van der Waals surface area contributed by atoms with Gasteiger partial charge < -0.3 is 19.5 Å². The number of hydrogen-bond donors (Lipinski definition) is 1. The number of rotatable bonds is 2. The average molecular weight is 249 g/mol. The fourth-order valence-electron chi connectivity index (χ4n) is 2.58. The van der Waals surface area contributed by atoms with Crippen molar-refractivity contribution in [3.63, 3.8) is 0 Å². The molecule has 0 amide bonds. The van der Waals surface area contributed by atoms with Gasteiger partial charge in [0.05, 0.1) is 19.3 Å². The Morgan fingerprint density at radius 2 is 1.94 bits per heavy atom. The van der Waals surface area contributed by atoms with Crippen LogP contribution in [-0.4, -0.2) is 33.0 Å². The second-order valence-electron chi connectivity index (χ2n) is 4.63. The van der Waals surface area contributed by atoms with E-state index in [2.05, 4.69) is 24.4 Å². The third kappa shape index (κ3) is 2.18. The molecule has 98 valence electrons. The number of ether oxygens (including phenoxy) is 3. The Balaban J connectivity index is 1.99. The summed E-state index contributed by atoms with van der Waals surface area (Å²) in [6, 6.07) is 4.48. The fraction of sp³-hybridized carbons (Fsp3) is 0.571. The van der Waals surface area contributed by atoms with Crippen LogP contribution in [0, 0.1) is 0 Å². The predicted octanol–water partition coefficient (Wildman–Crippen LogP) is 1.68. The van der Waals surface area contributed by atoms with Crippen LogP contribution in [0.15, 0.2) is 12.1 Å². The van der Waals surface area contributed by atoms with Crippen molar-refractivity contribution in [3.05, 3.63) is 23.3 Å². The number of nitrogens with one attached hydrogen (secondary N) is 1. The topological polar surface area (TPSA) is 39.7 Å². The monoisotopic (exact) mass is 249 g/mol. The van der Waals surface area contributed by atoms with Gasteiger partial charge in [-0.05, 0) is 36.2 Å². The Bertz CT molecular complexity index is 433. The lowest BCUT2D eigenvalue weighted by Crippen LogP contribution is -2.25. The van der Waals surface area contributed by atoms with E-state index >= 15 is 0 Å². The molecule has 0 radical (unpaired) electrons. The second kappa shape index (κ2) is 5.16. The molecule has 0 aliphatic carbocycles. The Kier molecular flexibility index (Phi) is 3.39. The van der Waals surface area contributed by atoms with Crippen molar-refractivity contribution >= 4 is 0 Å². The molecule has 0 fully saturated rings. The summed E-state index contributed by atoms with van der Waals surface area (Å²) in [4.78, 5) is 0. The maximum Gasteiger partial charge on any atom is 0.161 e. The van der Waals surface area contributed by atoms with Crippen LogP contribution in [0.5, 0.6) is 11.5 Å². The molecule has 2 aliphatic heterocycles. The molecule has 3 rings (SSSR count). The summed E-state index contributed by atoms with van der Waals surface area (Å²) in [5.74, 6) is 1.74. The molecule has 0 aromatic heterocycles. The van der Waals surface area contributed by atoms with Crippen LogP contribution in [0.4, 0.5) is 0 Å². The molecule has 0 saturated carbocycles. The highest BCUT2D eigenvalue weighted by Gasteiger charge is 2.22. The molecule has 1 aromatic rings. The first-order valence-electron chi connectivity index (χ1n) is 6.62. The maximum absolute atomic E-state index is 5.66. The fourth-order valence-corrected chi connectivity index (χ4v) is 2.58. The van der Waals surface area contributed by atoms with Crippen molar-refractivity contribution in [2.45, 2.75) is 19.4 Å². The molecular formula is C14H19NO3. The highest BCUT2D eigenvalue weighted by atomic mass is 16.6. The Labute approximate surface area is 107 Å². The van der Waals surface area contributed by atoms with Crippen LogP contribution in [-0.2, 0) is 11.2 Å². The molecule has 1 N–H and O–H groups in total. The van der Waals surface area contributed by atoms with E-state index < -0.39 is 0 Å². The van der Waals surface area contributed by atoms with Crippen LogP contribution in [0.25, 0.3) is 0 Å². The van der Waals surface area contributed by atoms with Gasteiger partial charge in [-0.25, -0.2) is 0 Å². The van der Waals surface area contributed by atoms with Crippen molar-refractivity contribution in [1.82, 2.24) is 5.32 Å². The lowest BCUT2D eigenvalue weighted by Gasteiger charge is -2.23. The third-order valence-electron chi connectivity index (χ3n) is 3.43. The van der Waals surface area contributed by atoms with Gasteiger partial charge in [-0.2, -0.15) is 0 Å². The third-order valence-corrected chi connectivity index (χ3v) is 3.43. The summed E-state index contributed by atoms with van der Waals surface area (Å²) in [7, 11) is 0. The van der Waals surface area contributed by atoms with E-state index in [1.807, 2.05) is 0 Å². The highest BCUT2D eigenvalue weighted by Crippen LogP contribution is 2.36. The maximum atomic E-state index is 5.66. The molecule has 0 bridgehead atoms. The van der Waals surface area contributed by atoms with E-state index in [-0.39, 0.29) is 6.04 Å². The lowest BCUT2D eigenvalue weighted by atomic mass is 9.98. The van der Waals surface area contributed by atoms with Gasteiger partial charge in [-0.1, -0.05) is 6.92 Å². The molecule has 2 aliphatic rings. The van der Waals surface area contributed by atoms with Crippen LogP contribution in [0.3, 0.4) is 0 Å². The van der Waals surface area contributed by atoms with Crippen LogP contribution < -0.4 is 14.8 Å². The van der Waals surface area contributed by atoms with E-state index in [1.165, 1.54) is 11.1 Å². The zero-order valence-corrected chi connectivity index (χ0v) is 10.7. The summed E-state index contributed by atoms with van der Waals surface area (Å²) < 4.78 is 17.0. The average Bonchev–Trinajstić information content (AvgIpc) is 2.59. The SMILES string of the molecule is CCNC1COCCc2cc3c(cc21)OCCO3. The predicted molar refractivity (Wildman–Crippen MR) is 68.4 cm³/mol. The molecule has 18 heavy (non-hydrogen) atoms. The van der Waals surface area contributed by atoms with Gasteiger partial charge in [0.2, 0.25) is 0 Å². The first kappa shape index (κ1) is 11.8. The second-order valence-corrected chi connectivity index (χ2v) is 4.63. The number of likely N-dealkylation sites (N-methyl/N-ethyl adjacent to an activating group) is 1. The quantitative estimate of drug-likeness (QED) is 0.865. The zero-order chi connectivity index (χ0) is 12.4. The summed E-state index contributed by atoms with van der Waals surface area (Å²) in [5, 5.41) is 3.47. The minimum absolute atomic E-state index is 0.253. The normalized spacial score (nSPS) is 22.2. The Morgan fingerprint density at radius 1 is 1.17 bits per heavy atom. The van der Waals surface area contributed by atoms with E-state index in [4.69, 9.17) is 14.2 Å². The molecule has 0 spiro atoms. The van der Waals surface area contributed by atoms with E-state index in [0.717, 1.165) is 37.7 Å². The summed E-state index contributed by atoms with van der Waals surface area (Å²) in [5.41, 5.74) is 2.60. The minimum Gasteiger partial charge on any atom is -0.486 e. The Hall–Kier alpha value is -1.26. The molecule has 4 heteroatoms. The molecule has 2 heterocycles. The van der Waals surface area contributed by atoms with Crippen molar-refractivity contribution < 1.29 is 14.2 Å². The van der Waals surface area contributed by atoms with Gasteiger partial charge in [-0.15, -0.1) is 0 Å². The van der Waals surface area contributed by atoms with Gasteiger partial charge >= 0.3 is 0 Å². The number of hydrogen-bond acceptors (Lipinski definition) is 4. The van der Waals surface area contributed by atoms with Gasteiger partial charge in [0, 0.05) is 0 Å². The molecule has 4 nitrogen and oxygen atoms in total. The summed E-state index contributed by atoms with van der Waals surface area (Å²) >= 11 is 0.